The smallest absolute Gasteiger partial charge is 0.0697 e. The molecule has 0 bridgehead atoms. The SMILES string of the molecule is Nc1c(Br)cccc1Nc1cccnc1. The number of anilines is 3. The maximum atomic E-state index is 5.90. The van der Waals surface area contributed by atoms with Gasteiger partial charge in [0, 0.05) is 10.7 Å². The number of nitrogens with zero attached hydrogens (tertiary/aromatic N) is 1. The van der Waals surface area contributed by atoms with Gasteiger partial charge in [0.15, 0.2) is 0 Å². The van der Waals surface area contributed by atoms with Gasteiger partial charge in [-0.1, -0.05) is 6.07 Å². The maximum Gasteiger partial charge on any atom is 0.0697 e. The van der Waals surface area contributed by atoms with Crippen molar-refractivity contribution in [2.75, 3.05) is 11.1 Å². The number of nitrogens with two attached hydrogens (primary N) is 1. The Bertz CT molecular complexity index is 457. The molecular weight excluding hydrogens is 254 g/mol. The van der Waals surface area contributed by atoms with Crippen LogP contribution in [0.1, 0.15) is 0 Å². The van der Waals surface area contributed by atoms with Crippen molar-refractivity contribution in [3.63, 3.8) is 0 Å². The zero-order valence-corrected chi connectivity index (χ0v) is 9.53. The highest BCUT2D eigenvalue weighted by molar-refractivity contribution is 9.10. The zero-order valence-electron chi connectivity index (χ0n) is 7.94. The number of rotatable bonds is 2. The van der Waals surface area contributed by atoms with Crippen LogP contribution in [0.2, 0.25) is 0 Å². The Labute approximate surface area is 96.5 Å². The first-order chi connectivity index (χ1) is 7.27. The predicted molar refractivity (Wildman–Crippen MR) is 66.1 cm³/mol. The Morgan fingerprint density at radius 2 is 2.07 bits per heavy atom. The summed E-state index contributed by atoms with van der Waals surface area (Å²) in [6.45, 7) is 0. The number of para-hydroxylation sites is 1. The van der Waals surface area contributed by atoms with Gasteiger partial charge in [-0.05, 0) is 40.2 Å². The third kappa shape index (κ3) is 2.27. The van der Waals surface area contributed by atoms with Crippen LogP contribution in [0.4, 0.5) is 17.1 Å². The molecule has 0 aliphatic carbocycles. The van der Waals surface area contributed by atoms with Crippen LogP contribution in [0.3, 0.4) is 0 Å². The van der Waals surface area contributed by atoms with Gasteiger partial charge in [0.05, 0.1) is 23.3 Å². The molecule has 4 heteroatoms. The first-order valence-corrected chi connectivity index (χ1v) is 5.28. The summed E-state index contributed by atoms with van der Waals surface area (Å²) in [6, 6.07) is 9.57. The van der Waals surface area contributed by atoms with E-state index in [2.05, 4.69) is 26.2 Å². The van der Waals surface area contributed by atoms with E-state index >= 15 is 0 Å². The number of nitrogens with one attached hydrogen (secondary N) is 1. The van der Waals surface area contributed by atoms with Gasteiger partial charge in [0.25, 0.3) is 0 Å². The van der Waals surface area contributed by atoms with Crippen molar-refractivity contribution in [1.29, 1.82) is 0 Å². The second kappa shape index (κ2) is 4.31. The summed E-state index contributed by atoms with van der Waals surface area (Å²) in [5.74, 6) is 0. The van der Waals surface area contributed by atoms with Crippen molar-refractivity contribution in [3.05, 3.63) is 47.2 Å². The number of hydrogen-bond acceptors (Lipinski definition) is 3. The molecule has 0 radical (unpaired) electrons. The number of hydrogen-bond donors (Lipinski definition) is 2. The lowest BCUT2D eigenvalue weighted by molar-refractivity contribution is 1.32. The molecule has 1 aromatic heterocycles. The van der Waals surface area contributed by atoms with E-state index in [9.17, 15) is 0 Å². The fraction of sp³-hybridized carbons (Fsp3) is 0. The highest BCUT2D eigenvalue weighted by Gasteiger charge is 2.02. The molecular formula is C11H10BrN3. The third-order valence-corrected chi connectivity index (χ3v) is 2.68. The van der Waals surface area contributed by atoms with Crippen LogP contribution in [0.15, 0.2) is 47.2 Å². The highest BCUT2D eigenvalue weighted by atomic mass is 79.9. The van der Waals surface area contributed by atoms with Crippen LogP contribution in [0.5, 0.6) is 0 Å². The molecule has 0 aliphatic heterocycles. The van der Waals surface area contributed by atoms with Crippen molar-refractivity contribution in [2.45, 2.75) is 0 Å². The van der Waals surface area contributed by atoms with Gasteiger partial charge in [-0.3, -0.25) is 4.98 Å². The summed E-state index contributed by atoms with van der Waals surface area (Å²) in [7, 11) is 0. The highest BCUT2D eigenvalue weighted by Crippen LogP contribution is 2.29. The molecule has 1 aromatic carbocycles. The summed E-state index contributed by atoms with van der Waals surface area (Å²) in [5, 5.41) is 3.20. The zero-order chi connectivity index (χ0) is 10.7. The Morgan fingerprint density at radius 1 is 1.20 bits per heavy atom. The van der Waals surface area contributed by atoms with Crippen LogP contribution in [-0.4, -0.2) is 4.98 Å². The largest absolute Gasteiger partial charge is 0.396 e. The summed E-state index contributed by atoms with van der Waals surface area (Å²) >= 11 is 3.38. The Morgan fingerprint density at radius 3 is 2.80 bits per heavy atom. The molecule has 0 fully saturated rings. The lowest BCUT2D eigenvalue weighted by atomic mass is 10.2. The van der Waals surface area contributed by atoms with Crippen molar-refractivity contribution in [3.8, 4) is 0 Å². The van der Waals surface area contributed by atoms with E-state index in [1.165, 1.54) is 0 Å². The summed E-state index contributed by atoms with van der Waals surface area (Å²) in [6.07, 6.45) is 3.48. The molecule has 15 heavy (non-hydrogen) atoms. The monoisotopic (exact) mass is 263 g/mol. The summed E-state index contributed by atoms with van der Waals surface area (Å²) in [5.41, 5.74) is 8.39. The molecule has 0 saturated heterocycles. The molecule has 0 spiro atoms. The van der Waals surface area contributed by atoms with Crippen LogP contribution < -0.4 is 11.1 Å². The van der Waals surface area contributed by atoms with Crippen LogP contribution in [-0.2, 0) is 0 Å². The Balaban J connectivity index is 2.29. The Hall–Kier alpha value is -1.55. The van der Waals surface area contributed by atoms with Crippen LogP contribution in [0.25, 0.3) is 0 Å². The number of benzene rings is 1. The third-order valence-electron chi connectivity index (χ3n) is 1.99. The van der Waals surface area contributed by atoms with Crippen LogP contribution in [0, 0.1) is 0 Å². The van der Waals surface area contributed by atoms with E-state index in [1.54, 1.807) is 12.4 Å². The molecule has 3 N–H and O–H groups in total. The molecule has 76 valence electrons. The average Bonchev–Trinajstić information content (AvgIpc) is 2.26. The van der Waals surface area contributed by atoms with E-state index < -0.39 is 0 Å². The number of halogens is 1. The fourth-order valence-electron chi connectivity index (χ4n) is 1.24. The van der Waals surface area contributed by atoms with E-state index in [0.29, 0.717) is 5.69 Å². The predicted octanol–water partition coefficient (Wildman–Crippen LogP) is 3.17. The van der Waals surface area contributed by atoms with Crippen LogP contribution >= 0.6 is 15.9 Å². The van der Waals surface area contributed by atoms with Gasteiger partial charge in [0.2, 0.25) is 0 Å². The molecule has 0 amide bonds. The molecule has 0 saturated carbocycles. The van der Waals surface area contributed by atoms with Crippen molar-refractivity contribution in [2.24, 2.45) is 0 Å². The summed E-state index contributed by atoms with van der Waals surface area (Å²) in [4.78, 5) is 4.02. The van der Waals surface area contributed by atoms with Gasteiger partial charge < -0.3 is 11.1 Å². The molecule has 2 aromatic rings. The minimum atomic E-state index is 0.696. The first kappa shape index (κ1) is 9.98. The number of nitrogen functional groups attached to an aromatic ring is 1. The van der Waals surface area contributed by atoms with Gasteiger partial charge in [-0.15, -0.1) is 0 Å². The molecule has 0 atom stereocenters. The second-order valence-corrected chi connectivity index (χ2v) is 3.92. The number of aromatic nitrogens is 1. The Kier molecular flexibility index (Phi) is 2.87. The quantitative estimate of drug-likeness (QED) is 0.819. The lowest BCUT2D eigenvalue weighted by Crippen LogP contribution is -1.96. The minimum absolute atomic E-state index is 0.696. The van der Waals surface area contributed by atoms with Crippen molar-refractivity contribution >= 4 is 33.0 Å². The van der Waals surface area contributed by atoms with Gasteiger partial charge in [-0.25, -0.2) is 0 Å². The van der Waals surface area contributed by atoms with Gasteiger partial charge in [0.1, 0.15) is 0 Å². The van der Waals surface area contributed by atoms with E-state index in [4.69, 9.17) is 5.73 Å². The average molecular weight is 264 g/mol. The standard InChI is InChI=1S/C11H10BrN3/c12-9-4-1-5-10(11(9)13)15-8-3-2-6-14-7-8/h1-7,15H,13H2. The van der Waals surface area contributed by atoms with E-state index in [-0.39, 0.29) is 0 Å². The lowest BCUT2D eigenvalue weighted by Gasteiger charge is -2.09. The van der Waals surface area contributed by atoms with Gasteiger partial charge >= 0.3 is 0 Å². The molecule has 0 unspecified atom stereocenters. The van der Waals surface area contributed by atoms with Gasteiger partial charge in [-0.2, -0.15) is 0 Å². The fourth-order valence-corrected chi connectivity index (χ4v) is 1.60. The topological polar surface area (TPSA) is 50.9 Å². The molecule has 2 rings (SSSR count). The molecule has 0 aliphatic rings. The molecule has 1 heterocycles. The summed E-state index contributed by atoms with van der Waals surface area (Å²) < 4.78 is 0.886. The van der Waals surface area contributed by atoms with E-state index in [0.717, 1.165) is 15.8 Å². The number of pyridine rings is 1. The van der Waals surface area contributed by atoms with E-state index in [1.807, 2.05) is 30.3 Å². The molecule has 3 nitrogen and oxygen atoms in total. The normalized spacial score (nSPS) is 9.93. The first-order valence-electron chi connectivity index (χ1n) is 4.48. The minimum Gasteiger partial charge on any atom is -0.396 e. The second-order valence-electron chi connectivity index (χ2n) is 3.07. The maximum absolute atomic E-state index is 5.90. The van der Waals surface area contributed by atoms with Crippen molar-refractivity contribution in [1.82, 2.24) is 4.98 Å². The van der Waals surface area contributed by atoms with Crippen molar-refractivity contribution < 1.29 is 0 Å².